The second kappa shape index (κ2) is 3.62. The predicted molar refractivity (Wildman–Crippen MR) is 54.5 cm³/mol. The predicted octanol–water partition coefficient (Wildman–Crippen LogP) is 0.621. The summed E-state index contributed by atoms with van der Waals surface area (Å²) in [7, 11) is 0. The lowest BCUT2D eigenvalue weighted by Crippen LogP contribution is -2.26. The van der Waals surface area contributed by atoms with Crippen LogP contribution in [0.4, 0.5) is 5.82 Å². The van der Waals surface area contributed by atoms with Crippen molar-refractivity contribution in [2.24, 2.45) is 11.7 Å². The van der Waals surface area contributed by atoms with Crippen molar-refractivity contribution in [3.63, 3.8) is 0 Å². The molecule has 2 rings (SSSR count). The Balaban J connectivity index is 2.40. The maximum Gasteiger partial charge on any atom is 0.385 e. The van der Waals surface area contributed by atoms with Gasteiger partial charge in [-0.2, -0.15) is 0 Å². The smallest absolute Gasteiger partial charge is 0.358 e. The van der Waals surface area contributed by atoms with Crippen molar-refractivity contribution in [3.05, 3.63) is 21.6 Å². The molecule has 0 saturated carbocycles. The molecule has 1 aromatic rings. The Bertz CT molecular complexity index is 399. The maximum atomic E-state index is 10.7. The van der Waals surface area contributed by atoms with Gasteiger partial charge in [-0.1, -0.05) is 0 Å². The molecule has 1 aliphatic rings. The summed E-state index contributed by atoms with van der Waals surface area (Å²) in [6.45, 7) is 3.19. The lowest BCUT2D eigenvalue weighted by Gasteiger charge is -2.22. The third-order valence-corrected chi connectivity index (χ3v) is 2.98. The summed E-state index contributed by atoms with van der Waals surface area (Å²) < 4.78 is 1.93. The Labute approximate surface area is 87.2 Å². The third kappa shape index (κ3) is 1.61. The van der Waals surface area contributed by atoms with Gasteiger partial charge in [0.15, 0.2) is 0 Å². The van der Waals surface area contributed by atoms with Crippen molar-refractivity contribution in [1.29, 1.82) is 0 Å². The largest absolute Gasteiger partial charge is 0.385 e. The summed E-state index contributed by atoms with van der Waals surface area (Å²) in [5.74, 6) is 1.16. The van der Waals surface area contributed by atoms with E-state index in [2.05, 4.69) is 4.98 Å². The van der Waals surface area contributed by atoms with E-state index < -0.39 is 4.92 Å². The molecule has 0 radical (unpaired) electrons. The Morgan fingerprint density at radius 3 is 3.07 bits per heavy atom. The minimum Gasteiger partial charge on any atom is -0.358 e. The molecule has 2 N–H and O–H groups in total. The number of aromatic nitrogens is 2. The van der Waals surface area contributed by atoms with Crippen LogP contribution >= 0.6 is 0 Å². The SMILES string of the molecule is Cc1nc([N+](=O)[O-])c2n1CC(CN)CC2. The molecule has 15 heavy (non-hydrogen) atoms. The number of rotatable bonds is 2. The lowest BCUT2D eigenvalue weighted by atomic mass is 9.98. The van der Waals surface area contributed by atoms with Crippen LogP contribution in [0, 0.1) is 23.0 Å². The fourth-order valence-corrected chi connectivity index (χ4v) is 2.11. The Morgan fingerprint density at radius 2 is 2.47 bits per heavy atom. The molecule has 1 atom stereocenters. The van der Waals surface area contributed by atoms with E-state index in [9.17, 15) is 10.1 Å². The van der Waals surface area contributed by atoms with Gasteiger partial charge in [0, 0.05) is 13.5 Å². The highest BCUT2D eigenvalue weighted by molar-refractivity contribution is 5.31. The second-order valence-electron chi connectivity index (χ2n) is 3.94. The summed E-state index contributed by atoms with van der Waals surface area (Å²) in [6.07, 6.45) is 1.63. The Kier molecular flexibility index (Phi) is 2.44. The van der Waals surface area contributed by atoms with Crippen LogP contribution in [0.5, 0.6) is 0 Å². The first-order valence-electron chi connectivity index (χ1n) is 5.04. The van der Waals surface area contributed by atoms with Gasteiger partial charge in [-0.25, -0.2) is 0 Å². The fourth-order valence-electron chi connectivity index (χ4n) is 2.11. The maximum absolute atomic E-state index is 10.7. The van der Waals surface area contributed by atoms with E-state index in [1.165, 1.54) is 0 Å². The number of nitro groups is 1. The monoisotopic (exact) mass is 210 g/mol. The molecular formula is C9H14N4O2. The van der Waals surface area contributed by atoms with Crippen LogP contribution in [0.25, 0.3) is 0 Å². The molecule has 0 fully saturated rings. The van der Waals surface area contributed by atoms with Crippen LogP contribution in [0.2, 0.25) is 0 Å². The van der Waals surface area contributed by atoms with Crippen LogP contribution in [0.3, 0.4) is 0 Å². The van der Waals surface area contributed by atoms with Gasteiger partial charge in [-0.3, -0.25) is 0 Å². The molecule has 1 aromatic heterocycles. The number of hydrogen-bond donors (Lipinski definition) is 1. The van der Waals surface area contributed by atoms with Crippen molar-refractivity contribution in [2.45, 2.75) is 26.3 Å². The van der Waals surface area contributed by atoms with Crippen molar-refractivity contribution in [2.75, 3.05) is 6.54 Å². The van der Waals surface area contributed by atoms with Gasteiger partial charge in [-0.05, 0) is 35.2 Å². The van der Waals surface area contributed by atoms with Crippen LogP contribution in [0.1, 0.15) is 17.9 Å². The molecule has 1 aliphatic heterocycles. The van der Waals surface area contributed by atoms with Gasteiger partial charge < -0.3 is 20.4 Å². The number of imidazole rings is 1. The van der Waals surface area contributed by atoms with E-state index in [1.807, 2.05) is 4.57 Å². The number of fused-ring (bicyclic) bond motifs is 1. The summed E-state index contributed by atoms with van der Waals surface area (Å²) >= 11 is 0. The minimum absolute atomic E-state index is 0.0166. The van der Waals surface area contributed by atoms with Crippen molar-refractivity contribution in [3.8, 4) is 0 Å². The molecule has 1 unspecified atom stereocenters. The average molecular weight is 210 g/mol. The van der Waals surface area contributed by atoms with Crippen LogP contribution in [-0.4, -0.2) is 21.0 Å². The topological polar surface area (TPSA) is 87.0 Å². The summed E-state index contributed by atoms with van der Waals surface area (Å²) in [5.41, 5.74) is 6.36. The molecule has 82 valence electrons. The number of nitrogens with two attached hydrogens (primary N) is 1. The van der Waals surface area contributed by atoms with Gasteiger partial charge in [-0.15, -0.1) is 0 Å². The Morgan fingerprint density at radius 1 is 1.73 bits per heavy atom. The van der Waals surface area contributed by atoms with Crippen LogP contribution in [0.15, 0.2) is 0 Å². The molecule has 6 nitrogen and oxygen atoms in total. The first-order valence-corrected chi connectivity index (χ1v) is 5.04. The average Bonchev–Trinajstić information content (AvgIpc) is 2.56. The molecule has 0 amide bonds. The van der Waals surface area contributed by atoms with E-state index in [1.54, 1.807) is 6.92 Å². The van der Waals surface area contributed by atoms with Crippen LogP contribution in [-0.2, 0) is 13.0 Å². The van der Waals surface area contributed by atoms with E-state index in [0.29, 0.717) is 18.9 Å². The van der Waals surface area contributed by atoms with Gasteiger partial charge in [0.05, 0.1) is 0 Å². The van der Waals surface area contributed by atoms with Gasteiger partial charge in [0.2, 0.25) is 5.82 Å². The zero-order chi connectivity index (χ0) is 11.0. The molecule has 6 heteroatoms. The van der Waals surface area contributed by atoms with E-state index >= 15 is 0 Å². The number of hydrogen-bond acceptors (Lipinski definition) is 4. The highest BCUT2D eigenvalue weighted by Crippen LogP contribution is 2.27. The molecule has 0 saturated heterocycles. The van der Waals surface area contributed by atoms with E-state index in [-0.39, 0.29) is 5.82 Å². The molecule has 0 aliphatic carbocycles. The minimum atomic E-state index is -0.401. The molecular weight excluding hydrogens is 196 g/mol. The molecule has 0 spiro atoms. The lowest BCUT2D eigenvalue weighted by molar-refractivity contribution is -0.390. The first kappa shape index (κ1) is 10.1. The number of aryl methyl sites for hydroxylation is 1. The van der Waals surface area contributed by atoms with Crippen molar-refractivity contribution in [1.82, 2.24) is 9.55 Å². The van der Waals surface area contributed by atoms with Gasteiger partial charge >= 0.3 is 5.82 Å². The van der Waals surface area contributed by atoms with Crippen molar-refractivity contribution >= 4 is 5.82 Å². The van der Waals surface area contributed by atoms with Gasteiger partial charge in [0.25, 0.3) is 0 Å². The van der Waals surface area contributed by atoms with E-state index in [0.717, 1.165) is 24.5 Å². The number of nitrogens with zero attached hydrogens (tertiary/aromatic N) is 3. The normalized spacial score (nSPS) is 20.0. The van der Waals surface area contributed by atoms with Gasteiger partial charge in [0.1, 0.15) is 5.69 Å². The van der Waals surface area contributed by atoms with E-state index in [4.69, 9.17) is 5.73 Å². The fraction of sp³-hybridized carbons (Fsp3) is 0.667. The zero-order valence-electron chi connectivity index (χ0n) is 8.64. The quantitative estimate of drug-likeness (QED) is 0.572. The molecule has 0 aromatic carbocycles. The standard InChI is InChI=1S/C9H14N4O2/c1-6-11-9(13(14)15)8-3-2-7(4-10)5-12(6)8/h7H,2-5,10H2,1H3. The van der Waals surface area contributed by atoms with Crippen LogP contribution < -0.4 is 5.73 Å². The Hall–Kier alpha value is -1.43. The summed E-state index contributed by atoms with van der Waals surface area (Å²) in [5, 5.41) is 10.7. The second-order valence-corrected chi connectivity index (χ2v) is 3.94. The third-order valence-electron chi connectivity index (χ3n) is 2.98. The first-order chi connectivity index (χ1) is 7.13. The van der Waals surface area contributed by atoms with Crippen molar-refractivity contribution < 1.29 is 4.92 Å². The molecule has 2 heterocycles. The zero-order valence-corrected chi connectivity index (χ0v) is 8.64. The highest BCUT2D eigenvalue weighted by Gasteiger charge is 2.29. The summed E-state index contributed by atoms with van der Waals surface area (Å²) in [6, 6.07) is 0. The molecule has 0 bridgehead atoms. The summed E-state index contributed by atoms with van der Waals surface area (Å²) in [4.78, 5) is 14.3. The highest BCUT2D eigenvalue weighted by atomic mass is 16.6.